The van der Waals surface area contributed by atoms with Crippen molar-refractivity contribution in [3.05, 3.63) is 59.7 Å². The van der Waals surface area contributed by atoms with Gasteiger partial charge in [-0.05, 0) is 24.3 Å². The van der Waals surface area contributed by atoms with Crippen LogP contribution in [-0.4, -0.2) is 22.0 Å². The van der Waals surface area contributed by atoms with E-state index in [1.165, 1.54) is 18.6 Å². The molecule has 0 aliphatic rings. The number of aldehydes is 1. The largest absolute Gasteiger partial charge is 0.296 e. The predicted molar refractivity (Wildman–Crippen MR) is 57.3 cm³/mol. The van der Waals surface area contributed by atoms with Gasteiger partial charge in [-0.2, -0.15) is 0 Å². The van der Waals surface area contributed by atoms with Crippen molar-refractivity contribution in [3.63, 3.8) is 0 Å². The van der Waals surface area contributed by atoms with Crippen molar-refractivity contribution in [2.45, 2.75) is 0 Å². The van der Waals surface area contributed by atoms with Crippen LogP contribution in [0.5, 0.6) is 0 Å². The molecule has 0 bridgehead atoms. The first-order valence-electron chi connectivity index (χ1n) is 4.68. The molecule has 0 N–H and O–H groups in total. The highest BCUT2D eigenvalue weighted by Gasteiger charge is 2.13. The summed E-state index contributed by atoms with van der Waals surface area (Å²) in [5.41, 5.74) is 0.958. The zero-order chi connectivity index (χ0) is 11.4. The first-order chi connectivity index (χ1) is 7.83. The zero-order valence-electron chi connectivity index (χ0n) is 8.33. The summed E-state index contributed by atoms with van der Waals surface area (Å²) in [5, 5.41) is 0. The third kappa shape index (κ3) is 1.86. The van der Waals surface area contributed by atoms with Gasteiger partial charge < -0.3 is 0 Å². The van der Waals surface area contributed by atoms with Gasteiger partial charge in [0.2, 0.25) is 0 Å². The highest BCUT2D eigenvalue weighted by Crippen LogP contribution is 2.10. The molecule has 16 heavy (non-hydrogen) atoms. The quantitative estimate of drug-likeness (QED) is 0.571. The molecule has 2 aromatic heterocycles. The van der Waals surface area contributed by atoms with Gasteiger partial charge in [-0.15, -0.1) is 0 Å². The van der Waals surface area contributed by atoms with Gasteiger partial charge in [0.15, 0.2) is 12.1 Å². The Balaban J connectivity index is 2.46. The second kappa shape index (κ2) is 4.44. The molecule has 2 heterocycles. The summed E-state index contributed by atoms with van der Waals surface area (Å²) in [6, 6.07) is 6.41. The van der Waals surface area contributed by atoms with Gasteiger partial charge in [0.25, 0.3) is 0 Å². The molecule has 2 rings (SSSR count). The van der Waals surface area contributed by atoms with Crippen LogP contribution >= 0.6 is 0 Å². The van der Waals surface area contributed by atoms with Gasteiger partial charge in [0.1, 0.15) is 5.69 Å². The van der Waals surface area contributed by atoms with Gasteiger partial charge in [-0.1, -0.05) is 0 Å². The molecule has 0 aliphatic carbocycles. The third-order valence-corrected chi connectivity index (χ3v) is 2.14. The number of hydrogen-bond donors (Lipinski definition) is 0. The highest BCUT2D eigenvalue weighted by atomic mass is 16.1. The number of aromatic nitrogens is 2. The summed E-state index contributed by atoms with van der Waals surface area (Å²) < 4.78 is 0. The van der Waals surface area contributed by atoms with Gasteiger partial charge in [-0.3, -0.25) is 19.6 Å². The summed E-state index contributed by atoms with van der Waals surface area (Å²) in [4.78, 5) is 30.4. The molecule has 0 radical (unpaired) electrons. The maximum atomic E-state index is 12.0. The van der Waals surface area contributed by atoms with Crippen LogP contribution in [0.25, 0.3) is 0 Å². The first-order valence-corrected chi connectivity index (χ1v) is 4.68. The van der Waals surface area contributed by atoms with Crippen molar-refractivity contribution in [3.8, 4) is 0 Å². The normalized spacial score (nSPS) is 9.75. The fraction of sp³-hybridized carbons (Fsp3) is 0. The van der Waals surface area contributed by atoms with Crippen LogP contribution in [0.4, 0.5) is 0 Å². The van der Waals surface area contributed by atoms with Crippen molar-refractivity contribution < 1.29 is 9.59 Å². The Bertz CT molecular complexity index is 524. The maximum absolute atomic E-state index is 12.0. The number of ketones is 1. The minimum absolute atomic E-state index is 0.157. The van der Waals surface area contributed by atoms with Crippen LogP contribution in [0, 0.1) is 0 Å². The molecule has 0 aromatic carbocycles. The Morgan fingerprint density at radius 1 is 1.12 bits per heavy atom. The molecule has 0 amide bonds. The monoisotopic (exact) mass is 212 g/mol. The molecular weight excluding hydrogens is 204 g/mol. The molecule has 78 valence electrons. The van der Waals surface area contributed by atoms with E-state index < -0.39 is 0 Å². The lowest BCUT2D eigenvalue weighted by atomic mass is 10.0. The Morgan fingerprint density at radius 3 is 2.56 bits per heavy atom. The number of pyridine rings is 2. The van der Waals surface area contributed by atoms with Crippen LogP contribution in [0.3, 0.4) is 0 Å². The Hall–Kier alpha value is -2.36. The molecule has 0 saturated carbocycles. The summed E-state index contributed by atoms with van der Waals surface area (Å²) in [6.07, 6.45) is 5.12. The average molecular weight is 212 g/mol. The molecule has 4 heteroatoms. The van der Waals surface area contributed by atoms with Crippen molar-refractivity contribution in [2.24, 2.45) is 0 Å². The second-order valence-corrected chi connectivity index (χ2v) is 3.12. The summed E-state index contributed by atoms with van der Waals surface area (Å²) in [7, 11) is 0. The van der Waals surface area contributed by atoms with Crippen LogP contribution in [0.15, 0.2) is 42.9 Å². The molecule has 0 unspecified atom stereocenters. The lowest BCUT2D eigenvalue weighted by molar-refractivity contribution is 0.102. The number of rotatable bonds is 3. The number of nitrogens with zero attached hydrogens (tertiary/aromatic N) is 2. The molecule has 2 aromatic rings. The Morgan fingerprint density at radius 2 is 1.88 bits per heavy atom. The SMILES string of the molecule is O=Cc1ncccc1C(=O)c1ccncc1. The third-order valence-electron chi connectivity index (χ3n) is 2.14. The molecule has 4 nitrogen and oxygen atoms in total. The van der Waals surface area contributed by atoms with Crippen LogP contribution < -0.4 is 0 Å². The minimum Gasteiger partial charge on any atom is -0.296 e. The molecule has 0 saturated heterocycles. The molecular formula is C12H8N2O2. The van der Waals surface area contributed by atoms with Crippen molar-refractivity contribution in [2.75, 3.05) is 0 Å². The fourth-order valence-electron chi connectivity index (χ4n) is 1.36. The summed E-state index contributed by atoms with van der Waals surface area (Å²) >= 11 is 0. The van der Waals surface area contributed by atoms with Gasteiger partial charge >= 0.3 is 0 Å². The smallest absolute Gasteiger partial charge is 0.195 e. The van der Waals surface area contributed by atoms with E-state index in [1.54, 1.807) is 24.3 Å². The van der Waals surface area contributed by atoms with E-state index in [2.05, 4.69) is 9.97 Å². The van der Waals surface area contributed by atoms with E-state index in [0.717, 1.165) is 0 Å². The summed E-state index contributed by atoms with van der Waals surface area (Å²) in [6.45, 7) is 0. The lowest BCUT2D eigenvalue weighted by Gasteiger charge is -2.02. The van der Waals surface area contributed by atoms with Gasteiger partial charge in [0.05, 0.1) is 5.56 Å². The molecule has 0 spiro atoms. The van der Waals surface area contributed by atoms with E-state index in [4.69, 9.17) is 0 Å². The van der Waals surface area contributed by atoms with Gasteiger partial charge in [0, 0.05) is 24.2 Å². The average Bonchev–Trinajstić information content (AvgIpc) is 2.39. The number of hydrogen-bond acceptors (Lipinski definition) is 4. The zero-order valence-corrected chi connectivity index (χ0v) is 8.33. The van der Waals surface area contributed by atoms with Crippen LogP contribution in [-0.2, 0) is 0 Å². The highest BCUT2D eigenvalue weighted by molar-refractivity contribution is 6.12. The Kier molecular flexibility index (Phi) is 2.82. The topological polar surface area (TPSA) is 59.9 Å². The van der Waals surface area contributed by atoms with Crippen LogP contribution in [0.2, 0.25) is 0 Å². The Labute approximate surface area is 92.0 Å². The lowest BCUT2D eigenvalue weighted by Crippen LogP contribution is -2.06. The fourth-order valence-corrected chi connectivity index (χ4v) is 1.36. The van der Waals surface area contributed by atoms with Crippen molar-refractivity contribution in [1.29, 1.82) is 0 Å². The van der Waals surface area contributed by atoms with E-state index >= 15 is 0 Å². The number of carbonyl (C=O) groups is 2. The standard InChI is InChI=1S/C12H8N2O2/c15-8-11-10(2-1-5-14-11)12(16)9-3-6-13-7-4-9/h1-8H. The first kappa shape index (κ1) is 10.2. The van der Waals surface area contributed by atoms with E-state index in [9.17, 15) is 9.59 Å². The van der Waals surface area contributed by atoms with Gasteiger partial charge in [-0.25, -0.2) is 0 Å². The predicted octanol–water partition coefficient (Wildman–Crippen LogP) is 1.52. The van der Waals surface area contributed by atoms with E-state index in [-0.39, 0.29) is 11.5 Å². The van der Waals surface area contributed by atoms with E-state index in [1.807, 2.05) is 0 Å². The van der Waals surface area contributed by atoms with Crippen molar-refractivity contribution in [1.82, 2.24) is 9.97 Å². The molecule has 0 atom stereocenters. The number of carbonyl (C=O) groups excluding carboxylic acids is 2. The second-order valence-electron chi connectivity index (χ2n) is 3.12. The maximum Gasteiger partial charge on any atom is 0.195 e. The minimum atomic E-state index is -0.224. The molecule has 0 aliphatic heterocycles. The molecule has 0 fully saturated rings. The van der Waals surface area contributed by atoms with E-state index in [0.29, 0.717) is 17.4 Å². The summed E-state index contributed by atoms with van der Waals surface area (Å²) in [5.74, 6) is -0.224. The van der Waals surface area contributed by atoms with Crippen LogP contribution in [0.1, 0.15) is 26.4 Å². The van der Waals surface area contributed by atoms with Crippen molar-refractivity contribution >= 4 is 12.1 Å².